The Labute approximate surface area is 119 Å². The van der Waals surface area contributed by atoms with Gasteiger partial charge in [-0.05, 0) is 11.8 Å². The van der Waals surface area contributed by atoms with Gasteiger partial charge in [-0.1, -0.05) is 20.8 Å². The van der Waals surface area contributed by atoms with Crippen molar-refractivity contribution >= 4 is 17.5 Å². The summed E-state index contributed by atoms with van der Waals surface area (Å²) >= 11 is 0. The van der Waals surface area contributed by atoms with E-state index in [4.69, 9.17) is 9.47 Å². The standard InChI is InChI=1S/C15H22O5/c1-6-7-9(16)11-10(19-4)8-15(2,3)12(13(11)17)14(18)20-5/h12H,6-8H2,1-5H3/t12-/m1/s1. The normalized spacial score (nSPS) is 21.6. The molecule has 0 aliphatic heterocycles. The average molecular weight is 282 g/mol. The van der Waals surface area contributed by atoms with Crippen molar-refractivity contribution < 1.29 is 23.9 Å². The smallest absolute Gasteiger partial charge is 0.317 e. The molecule has 0 saturated carbocycles. The van der Waals surface area contributed by atoms with Crippen molar-refractivity contribution in [1.29, 1.82) is 0 Å². The molecular weight excluding hydrogens is 260 g/mol. The number of carbonyl (C=O) groups is 3. The summed E-state index contributed by atoms with van der Waals surface area (Å²) in [6.07, 6.45) is 1.26. The number of ketones is 2. The fraction of sp³-hybridized carbons (Fsp3) is 0.667. The summed E-state index contributed by atoms with van der Waals surface area (Å²) in [4.78, 5) is 36.6. The molecule has 0 unspecified atom stereocenters. The van der Waals surface area contributed by atoms with Crippen molar-refractivity contribution in [2.75, 3.05) is 14.2 Å². The van der Waals surface area contributed by atoms with E-state index in [1.54, 1.807) is 13.8 Å². The Kier molecular flexibility index (Phi) is 5.09. The SMILES string of the molecule is CCCC(=O)C1=C(OC)CC(C)(C)[C@@H](C(=O)OC)C1=O. The van der Waals surface area contributed by atoms with Gasteiger partial charge >= 0.3 is 5.97 Å². The molecule has 1 rings (SSSR count). The van der Waals surface area contributed by atoms with Crippen LogP contribution in [0.15, 0.2) is 11.3 Å². The van der Waals surface area contributed by atoms with Crippen LogP contribution in [0.5, 0.6) is 0 Å². The summed E-state index contributed by atoms with van der Waals surface area (Å²) < 4.78 is 9.94. The first-order chi connectivity index (χ1) is 9.30. The van der Waals surface area contributed by atoms with E-state index in [0.717, 1.165) is 0 Å². The van der Waals surface area contributed by atoms with Gasteiger partial charge in [0.25, 0.3) is 0 Å². The summed E-state index contributed by atoms with van der Waals surface area (Å²) in [6.45, 7) is 5.46. The summed E-state index contributed by atoms with van der Waals surface area (Å²) in [5.74, 6) is -1.93. The first-order valence-electron chi connectivity index (χ1n) is 6.72. The van der Waals surface area contributed by atoms with E-state index in [1.165, 1.54) is 14.2 Å². The fourth-order valence-electron chi connectivity index (χ4n) is 2.60. The summed E-state index contributed by atoms with van der Waals surface area (Å²) in [7, 11) is 2.69. The van der Waals surface area contributed by atoms with Gasteiger partial charge < -0.3 is 9.47 Å². The molecule has 1 atom stereocenters. The first kappa shape index (κ1) is 16.4. The molecule has 0 amide bonds. The lowest BCUT2D eigenvalue weighted by Crippen LogP contribution is -2.44. The van der Waals surface area contributed by atoms with Gasteiger partial charge in [-0.15, -0.1) is 0 Å². The van der Waals surface area contributed by atoms with Crippen LogP contribution in [0.1, 0.15) is 40.0 Å². The molecule has 0 N–H and O–H groups in total. The largest absolute Gasteiger partial charge is 0.500 e. The maximum Gasteiger partial charge on any atom is 0.317 e. The van der Waals surface area contributed by atoms with Gasteiger partial charge in [-0.3, -0.25) is 14.4 Å². The second kappa shape index (κ2) is 6.20. The predicted octanol–water partition coefficient (Wildman–Crippen LogP) is 2.04. The van der Waals surface area contributed by atoms with Crippen molar-refractivity contribution in [2.45, 2.75) is 40.0 Å². The molecule has 112 valence electrons. The number of allylic oxidation sites excluding steroid dienone is 2. The number of carbonyl (C=O) groups excluding carboxylic acids is 3. The van der Waals surface area contributed by atoms with Crippen LogP contribution in [0.25, 0.3) is 0 Å². The van der Waals surface area contributed by atoms with Crippen molar-refractivity contribution in [3.8, 4) is 0 Å². The highest BCUT2D eigenvalue weighted by Crippen LogP contribution is 2.42. The van der Waals surface area contributed by atoms with E-state index >= 15 is 0 Å². The summed E-state index contributed by atoms with van der Waals surface area (Å²) in [5.41, 5.74) is -0.602. The van der Waals surface area contributed by atoms with E-state index in [-0.39, 0.29) is 17.8 Å². The molecule has 0 aromatic rings. The van der Waals surface area contributed by atoms with E-state index in [0.29, 0.717) is 18.6 Å². The number of methoxy groups -OCH3 is 2. The quantitative estimate of drug-likeness (QED) is 0.438. The third kappa shape index (κ3) is 2.92. The Morgan fingerprint density at radius 3 is 2.35 bits per heavy atom. The highest BCUT2D eigenvalue weighted by molar-refractivity contribution is 6.25. The molecule has 20 heavy (non-hydrogen) atoms. The Hall–Kier alpha value is -1.65. The zero-order chi connectivity index (χ0) is 15.5. The molecule has 0 bridgehead atoms. The van der Waals surface area contributed by atoms with E-state index in [9.17, 15) is 14.4 Å². The van der Waals surface area contributed by atoms with Crippen LogP contribution in [0, 0.1) is 11.3 Å². The lowest BCUT2D eigenvalue weighted by atomic mass is 9.67. The molecule has 0 heterocycles. The topological polar surface area (TPSA) is 69.7 Å². The lowest BCUT2D eigenvalue weighted by molar-refractivity contribution is -0.154. The number of Topliss-reactive ketones (excluding diaryl/α,β-unsaturated/α-hetero) is 2. The second-order valence-electron chi connectivity index (χ2n) is 5.66. The Morgan fingerprint density at radius 2 is 1.90 bits per heavy atom. The highest BCUT2D eigenvalue weighted by atomic mass is 16.5. The number of hydrogen-bond donors (Lipinski definition) is 0. The zero-order valence-corrected chi connectivity index (χ0v) is 12.7. The molecule has 1 aliphatic carbocycles. The van der Waals surface area contributed by atoms with Crippen LogP contribution in [0.3, 0.4) is 0 Å². The fourth-order valence-corrected chi connectivity index (χ4v) is 2.60. The molecular formula is C15H22O5. The Bertz CT molecular complexity index is 459. The van der Waals surface area contributed by atoms with Crippen LogP contribution in [0.4, 0.5) is 0 Å². The zero-order valence-electron chi connectivity index (χ0n) is 12.7. The number of ether oxygens (including phenoxy) is 2. The molecule has 0 fully saturated rings. The average Bonchev–Trinajstić information content (AvgIpc) is 2.36. The second-order valence-corrected chi connectivity index (χ2v) is 5.66. The van der Waals surface area contributed by atoms with Gasteiger partial charge in [0.2, 0.25) is 0 Å². The van der Waals surface area contributed by atoms with Crippen LogP contribution in [-0.4, -0.2) is 31.8 Å². The van der Waals surface area contributed by atoms with Gasteiger partial charge in [0.15, 0.2) is 11.6 Å². The van der Waals surface area contributed by atoms with Gasteiger partial charge in [0.1, 0.15) is 11.7 Å². The van der Waals surface area contributed by atoms with Crippen LogP contribution >= 0.6 is 0 Å². The van der Waals surface area contributed by atoms with Crippen molar-refractivity contribution in [1.82, 2.24) is 0 Å². The molecule has 0 aromatic heterocycles. The van der Waals surface area contributed by atoms with Crippen LogP contribution in [-0.2, 0) is 23.9 Å². The molecule has 1 aliphatic rings. The van der Waals surface area contributed by atoms with Crippen molar-refractivity contribution in [2.24, 2.45) is 11.3 Å². The lowest BCUT2D eigenvalue weighted by Gasteiger charge is -2.36. The van der Waals surface area contributed by atoms with Crippen molar-refractivity contribution in [3.63, 3.8) is 0 Å². The molecule has 0 aromatic carbocycles. The molecule has 0 radical (unpaired) electrons. The van der Waals surface area contributed by atoms with Crippen LogP contribution < -0.4 is 0 Å². The van der Waals surface area contributed by atoms with Crippen molar-refractivity contribution in [3.05, 3.63) is 11.3 Å². The Morgan fingerprint density at radius 1 is 1.30 bits per heavy atom. The van der Waals surface area contributed by atoms with Crippen LogP contribution in [0.2, 0.25) is 0 Å². The highest BCUT2D eigenvalue weighted by Gasteiger charge is 2.49. The van der Waals surface area contributed by atoms with E-state index in [2.05, 4.69) is 0 Å². The number of esters is 1. The minimum absolute atomic E-state index is 0.0316. The predicted molar refractivity (Wildman–Crippen MR) is 72.9 cm³/mol. The number of rotatable bonds is 5. The first-order valence-corrected chi connectivity index (χ1v) is 6.72. The van der Waals surface area contributed by atoms with Gasteiger partial charge in [-0.2, -0.15) is 0 Å². The molecule has 0 spiro atoms. The van der Waals surface area contributed by atoms with Gasteiger partial charge in [0, 0.05) is 12.8 Å². The summed E-state index contributed by atoms with van der Waals surface area (Å²) in [5, 5.41) is 0. The maximum absolute atomic E-state index is 12.6. The number of hydrogen-bond acceptors (Lipinski definition) is 5. The summed E-state index contributed by atoms with van der Waals surface area (Å²) in [6, 6.07) is 0. The third-order valence-electron chi connectivity index (χ3n) is 3.62. The third-order valence-corrected chi connectivity index (χ3v) is 3.62. The van der Waals surface area contributed by atoms with E-state index in [1.807, 2.05) is 6.92 Å². The molecule has 5 heteroatoms. The Balaban J connectivity index is 3.32. The van der Waals surface area contributed by atoms with Gasteiger partial charge in [-0.25, -0.2) is 0 Å². The minimum Gasteiger partial charge on any atom is -0.500 e. The van der Waals surface area contributed by atoms with Gasteiger partial charge in [0.05, 0.1) is 19.8 Å². The van der Waals surface area contributed by atoms with E-state index < -0.39 is 23.1 Å². The molecule has 5 nitrogen and oxygen atoms in total. The maximum atomic E-state index is 12.6. The monoisotopic (exact) mass is 282 g/mol. The molecule has 0 saturated heterocycles. The minimum atomic E-state index is -0.956.